The van der Waals surface area contributed by atoms with E-state index < -0.39 is 45.6 Å². The topological polar surface area (TPSA) is 134 Å². The van der Waals surface area contributed by atoms with E-state index in [2.05, 4.69) is 20.3 Å². The second-order valence-corrected chi connectivity index (χ2v) is 10.2. The van der Waals surface area contributed by atoms with Gasteiger partial charge < -0.3 is 10.6 Å². The predicted octanol–water partition coefficient (Wildman–Crippen LogP) is 0.763. The number of Topliss-reactive ketones (excluding diaryl/α,β-unsaturated/α-hetero) is 1. The highest BCUT2D eigenvalue weighted by atomic mass is 32.2. The fourth-order valence-electron chi connectivity index (χ4n) is 3.19. The van der Waals surface area contributed by atoms with Gasteiger partial charge in [-0.05, 0) is 30.9 Å². The van der Waals surface area contributed by atoms with Gasteiger partial charge >= 0.3 is 0 Å². The number of carbonyl (C=O) groups excluding carboxylic acids is 3. The molecule has 3 rings (SSSR count). The van der Waals surface area contributed by atoms with Gasteiger partial charge in [0, 0.05) is 4.88 Å². The molecule has 31 heavy (non-hydrogen) atoms. The molecule has 0 fully saturated rings. The molecular formula is C20H24N4O5S2. The summed E-state index contributed by atoms with van der Waals surface area (Å²) in [4.78, 5) is 42.9. The van der Waals surface area contributed by atoms with Crippen molar-refractivity contribution in [1.29, 1.82) is 0 Å². The van der Waals surface area contributed by atoms with E-state index >= 15 is 0 Å². The summed E-state index contributed by atoms with van der Waals surface area (Å²) < 4.78 is 27.8. The highest BCUT2D eigenvalue weighted by Gasteiger charge is 2.34. The van der Waals surface area contributed by atoms with Gasteiger partial charge in [0.05, 0.1) is 28.7 Å². The van der Waals surface area contributed by atoms with Crippen molar-refractivity contribution in [2.45, 2.75) is 50.2 Å². The number of aryl methyl sites for hydroxylation is 1. The molecule has 0 radical (unpaired) electrons. The molecule has 2 atom stereocenters. The van der Waals surface area contributed by atoms with Gasteiger partial charge in [0.15, 0.2) is 0 Å². The summed E-state index contributed by atoms with van der Waals surface area (Å²) in [7, 11) is -3.95. The van der Waals surface area contributed by atoms with Crippen molar-refractivity contribution in [2.75, 3.05) is 0 Å². The molecule has 0 spiro atoms. The van der Waals surface area contributed by atoms with Crippen LogP contribution >= 0.6 is 11.3 Å². The number of fused-ring (bicyclic) bond motifs is 1. The fraction of sp³-hybridized carbons (Fsp3) is 0.400. The molecule has 3 N–H and O–H groups in total. The smallest absolute Gasteiger partial charge is 0.289 e. The van der Waals surface area contributed by atoms with Gasteiger partial charge in [0.25, 0.3) is 5.91 Å². The molecular weight excluding hydrogens is 440 g/mol. The molecule has 0 bridgehead atoms. The third kappa shape index (κ3) is 5.54. The molecule has 11 heteroatoms. The number of thiazole rings is 1. The molecule has 0 saturated carbocycles. The molecule has 2 amide bonds. The Labute approximate surface area is 184 Å². The number of amides is 2. The molecule has 2 aromatic rings. The zero-order valence-electron chi connectivity index (χ0n) is 17.1. The van der Waals surface area contributed by atoms with Crippen LogP contribution < -0.4 is 15.4 Å². The van der Waals surface area contributed by atoms with E-state index in [0.717, 1.165) is 10.6 Å². The van der Waals surface area contributed by atoms with Crippen molar-refractivity contribution >= 4 is 39.0 Å². The first-order valence-electron chi connectivity index (χ1n) is 9.80. The van der Waals surface area contributed by atoms with Crippen molar-refractivity contribution in [2.24, 2.45) is 5.92 Å². The number of rotatable bonds is 6. The predicted molar refractivity (Wildman–Crippen MR) is 115 cm³/mol. The molecule has 1 aromatic carbocycles. The van der Waals surface area contributed by atoms with Gasteiger partial charge in [-0.3, -0.25) is 14.4 Å². The maximum atomic E-state index is 13.0. The Kier molecular flexibility index (Phi) is 7.19. The molecule has 1 aliphatic heterocycles. The number of ketones is 1. The lowest BCUT2D eigenvalue weighted by atomic mass is 10.0. The number of hydrogen-bond acceptors (Lipinski definition) is 7. The minimum atomic E-state index is -3.95. The van der Waals surface area contributed by atoms with Crippen molar-refractivity contribution in [3.63, 3.8) is 0 Å². The molecule has 1 aliphatic rings. The number of nitrogens with zero attached hydrogens (tertiary/aromatic N) is 1. The van der Waals surface area contributed by atoms with E-state index in [1.54, 1.807) is 37.6 Å². The molecule has 9 nitrogen and oxygen atoms in total. The summed E-state index contributed by atoms with van der Waals surface area (Å²) in [6.45, 7) is 3.59. The Morgan fingerprint density at radius 1 is 1.23 bits per heavy atom. The lowest BCUT2D eigenvalue weighted by Crippen LogP contribution is -2.55. The average Bonchev–Trinajstić information content (AvgIpc) is 3.20. The van der Waals surface area contributed by atoms with Crippen LogP contribution in [0.1, 0.15) is 30.8 Å². The summed E-state index contributed by atoms with van der Waals surface area (Å²) >= 11 is 1.39. The van der Waals surface area contributed by atoms with Gasteiger partial charge in [-0.25, -0.2) is 13.4 Å². The molecule has 0 aliphatic carbocycles. The van der Waals surface area contributed by atoms with Crippen LogP contribution in [0.4, 0.5) is 0 Å². The maximum absolute atomic E-state index is 13.0. The van der Waals surface area contributed by atoms with Crippen molar-refractivity contribution in [3.05, 3.63) is 46.4 Å². The maximum Gasteiger partial charge on any atom is 0.289 e. The van der Waals surface area contributed by atoms with Crippen LogP contribution in [0, 0.1) is 5.92 Å². The lowest BCUT2D eigenvalue weighted by Gasteiger charge is -2.24. The van der Waals surface area contributed by atoms with Crippen LogP contribution in [0.25, 0.3) is 0 Å². The molecule has 0 saturated heterocycles. The quantitative estimate of drug-likeness (QED) is 0.541. The normalized spacial score (nSPS) is 18.4. The molecule has 2 heterocycles. The Bertz CT molecular complexity index is 1070. The fourth-order valence-corrected chi connectivity index (χ4v) is 5.30. The number of nitrogens with one attached hydrogen (secondary N) is 3. The van der Waals surface area contributed by atoms with Crippen LogP contribution in [0.2, 0.25) is 0 Å². The Morgan fingerprint density at radius 2 is 1.94 bits per heavy atom. The number of aromatic nitrogens is 1. The van der Waals surface area contributed by atoms with E-state index in [9.17, 15) is 22.8 Å². The first kappa shape index (κ1) is 23.0. The van der Waals surface area contributed by atoms with Crippen LogP contribution in [0.15, 0.2) is 40.7 Å². The lowest BCUT2D eigenvalue weighted by molar-refractivity contribution is -0.140. The van der Waals surface area contributed by atoms with Gasteiger partial charge in [-0.1, -0.05) is 32.0 Å². The standard InChI is InChI=1S/C20H24N4O5S2/c1-12(2)17(24-31(28,29)13-6-4-3-5-7-13)19(26)23-15-9-8-14-16(30-11-22-14)10-21-20(27)18(15)25/h3-7,11-12,15,17,24H,8-10H2,1-2H3,(H,21,27)(H,23,26). The SMILES string of the molecule is CC(C)C(NS(=O)(=O)c1ccccc1)C(=O)NC1CCc2ncsc2CNC(=O)C1=O. The minimum absolute atomic E-state index is 0.0300. The number of carbonyl (C=O) groups is 3. The number of benzene rings is 1. The number of hydrogen-bond donors (Lipinski definition) is 3. The highest BCUT2D eigenvalue weighted by molar-refractivity contribution is 7.89. The Hall–Kier alpha value is -2.63. The summed E-state index contributed by atoms with van der Waals surface area (Å²) in [5.41, 5.74) is 2.44. The third-order valence-electron chi connectivity index (χ3n) is 4.95. The number of sulfonamides is 1. The van der Waals surface area contributed by atoms with Crippen LogP contribution in [-0.2, 0) is 37.4 Å². The summed E-state index contributed by atoms with van der Waals surface area (Å²) in [5, 5.41) is 5.12. The van der Waals surface area contributed by atoms with Crippen LogP contribution in [-0.4, -0.2) is 43.1 Å². The van der Waals surface area contributed by atoms with E-state index in [-0.39, 0.29) is 17.9 Å². The highest BCUT2D eigenvalue weighted by Crippen LogP contribution is 2.18. The van der Waals surface area contributed by atoms with E-state index in [0.29, 0.717) is 6.42 Å². The Balaban J connectivity index is 1.77. The van der Waals surface area contributed by atoms with Crippen LogP contribution in [0.3, 0.4) is 0 Å². The first-order chi connectivity index (χ1) is 14.7. The zero-order chi connectivity index (χ0) is 22.6. The van der Waals surface area contributed by atoms with Gasteiger partial charge in [0.2, 0.25) is 21.7 Å². The van der Waals surface area contributed by atoms with Crippen molar-refractivity contribution in [1.82, 2.24) is 20.3 Å². The third-order valence-corrected chi connectivity index (χ3v) is 7.28. The van der Waals surface area contributed by atoms with Gasteiger partial charge in [-0.2, -0.15) is 4.72 Å². The van der Waals surface area contributed by atoms with Crippen molar-refractivity contribution < 1.29 is 22.8 Å². The van der Waals surface area contributed by atoms with Gasteiger partial charge in [-0.15, -0.1) is 11.3 Å². The monoisotopic (exact) mass is 464 g/mol. The van der Waals surface area contributed by atoms with E-state index in [4.69, 9.17) is 0 Å². The second kappa shape index (κ2) is 9.67. The minimum Gasteiger partial charge on any atom is -0.344 e. The molecule has 1 aromatic heterocycles. The summed E-state index contributed by atoms with van der Waals surface area (Å²) in [5.74, 6) is -2.63. The molecule has 2 unspecified atom stereocenters. The summed E-state index contributed by atoms with van der Waals surface area (Å²) in [6, 6.07) is 5.50. The van der Waals surface area contributed by atoms with Crippen molar-refractivity contribution in [3.8, 4) is 0 Å². The summed E-state index contributed by atoms with van der Waals surface area (Å²) in [6.07, 6.45) is 0.595. The van der Waals surface area contributed by atoms with Gasteiger partial charge in [0.1, 0.15) is 6.04 Å². The van der Waals surface area contributed by atoms with E-state index in [1.165, 1.54) is 23.5 Å². The second-order valence-electron chi connectivity index (χ2n) is 7.53. The van der Waals surface area contributed by atoms with E-state index in [1.807, 2.05) is 0 Å². The Morgan fingerprint density at radius 3 is 2.61 bits per heavy atom. The average molecular weight is 465 g/mol. The largest absolute Gasteiger partial charge is 0.344 e. The van der Waals surface area contributed by atoms with Crippen LogP contribution in [0.5, 0.6) is 0 Å². The zero-order valence-corrected chi connectivity index (χ0v) is 18.8. The molecule has 166 valence electrons. The first-order valence-corrected chi connectivity index (χ1v) is 12.2.